The zero-order valence-corrected chi connectivity index (χ0v) is 27.5. The molecule has 4 aromatic rings. The van der Waals surface area contributed by atoms with Gasteiger partial charge in [-0.2, -0.15) is 4.57 Å². The Labute approximate surface area is 293 Å². The first-order chi connectivity index (χ1) is 18.6. The van der Waals surface area contributed by atoms with E-state index in [0.29, 0.717) is 42.4 Å². The summed E-state index contributed by atoms with van der Waals surface area (Å²) in [7, 11) is 1.64. The minimum absolute atomic E-state index is 0. The van der Waals surface area contributed by atoms with Crippen LogP contribution in [0.25, 0.3) is 22.0 Å². The molecule has 0 bridgehead atoms. The van der Waals surface area contributed by atoms with E-state index >= 15 is 0 Å². The summed E-state index contributed by atoms with van der Waals surface area (Å²) < 4.78 is 31.2. The number of fused-ring (bicyclic) bond motifs is 5. The van der Waals surface area contributed by atoms with Crippen LogP contribution in [0.2, 0.25) is 0 Å². The number of hydrogen-bond donors (Lipinski definition) is 1. The zero-order valence-electron chi connectivity index (χ0n) is 22.8. The van der Waals surface area contributed by atoms with Crippen molar-refractivity contribution in [3.63, 3.8) is 0 Å². The van der Waals surface area contributed by atoms with Gasteiger partial charge in [-0.15, -0.1) is 0 Å². The Balaban J connectivity index is 0.00000154. The number of aromatic nitrogens is 1. The molecule has 0 aliphatic carbocycles. The molecule has 0 fully saturated rings. The van der Waals surface area contributed by atoms with E-state index < -0.39 is 5.97 Å². The van der Waals surface area contributed by atoms with Crippen LogP contribution in [0.1, 0.15) is 17.5 Å². The number of carboxylic acid groups (broad SMARTS) is 1. The molecular formula is C30H28Cl2KNO7. The zero-order chi connectivity index (χ0) is 26.1. The van der Waals surface area contributed by atoms with Gasteiger partial charge in [0.05, 0.1) is 37.7 Å². The third-order valence-corrected chi connectivity index (χ3v) is 6.85. The number of rotatable bonds is 9. The normalized spacial score (nSPS) is 12.1. The van der Waals surface area contributed by atoms with Gasteiger partial charge in [0.15, 0.2) is 35.7 Å². The molecular weight excluding hydrogens is 596 g/mol. The second kappa shape index (κ2) is 14.8. The van der Waals surface area contributed by atoms with Crippen molar-refractivity contribution in [2.45, 2.75) is 25.8 Å². The fourth-order valence-electron chi connectivity index (χ4n) is 5.05. The quantitative estimate of drug-likeness (QED) is 0.114. The Kier molecular flexibility index (Phi) is 12.0. The molecule has 3 heterocycles. The summed E-state index contributed by atoms with van der Waals surface area (Å²) in [6, 6.07) is 17.5. The summed E-state index contributed by atoms with van der Waals surface area (Å²) >= 11 is 0. The maximum Gasteiger partial charge on any atom is 1.00 e. The molecule has 8 nitrogen and oxygen atoms in total. The van der Waals surface area contributed by atoms with Crippen molar-refractivity contribution < 1.29 is 114 Å². The first-order valence-electron chi connectivity index (χ1n) is 12.6. The number of carbonyl (C=O) groups is 1. The van der Waals surface area contributed by atoms with Gasteiger partial charge in [-0.3, -0.25) is 4.79 Å². The molecule has 0 saturated carbocycles. The van der Waals surface area contributed by atoms with Crippen molar-refractivity contribution >= 4 is 16.7 Å². The molecule has 210 valence electrons. The number of pyridine rings is 1. The summed E-state index contributed by atoms with van der Waals surface area (Å²) in [4.78, 5) is 11.0. The molecule has 0 atom stereocenters. The maximum absolute atomic E-state index is 11.0. The SMILES string of the molecule is COc1ccc2cc3[n+](cc2c1OCCCOc1cccc(CC(=O)O)c1)CCc1cc2c(cc1-3)OCO2.[Cl-].[Cl-].[K+]. The maximum atomic E-state index is 11.0. The Bertz CT molecular complexity index is 1550. The smallest absolute Gasteiger partial charge is 1.00 e. The number of nitrogens with zero attached hydrogens (tertiary/aromatic N) is 1. The van der Waals surface area contributed by atoms with Gasteiger partial charge in [0, 0.05) is 18.9 Å². The second-order valence-corrected chi connectivity index (χ2v) is 9.33. The Hall–Kier alpha value is -2.24. The Morgan fingerprint density at radius 2 is 1.78 bits per heavy atom. The van der Waals surface area contributed by atoms with E-state index in [9.17, 15) is 4.79 Å². The molecule has 1 aromatic heterocycles. The molecule has 41 heavy (non-hydrogen) atoms. The molecule has 0 radical (unpaired) electrons. The summed E-state index contributed by atoms with van der Waals surface area (Å²) in [5, 5.41) is 11.0. The van der Waals surface area contributed by atoms with Crippen LogP contribution in [0.4, 0.5) is 0 Å². The first kappa shape index (κ1) is 33.3. The average Bonchev–Trinajstić information content (AvgIpc) is 3.38. The van der Waals surface area contributed by atoms with Crippen LogP contribution in [0, 0.1) is 0 Å². The van der Waals surface area contributed by atoms with Crippen molar-refractivity contribution in [1.82, 2.24) is 0 Å². The third-order valence-electron chi connectivity index (χ3n) is 6.85. The molecule has 0 spiro atoms. The molecule has 2 aliphatic heterocycles. The number of benzene rings is 3. The van der Waals surface area contributed by atoms with E-state index in [4.69, 9.17) is 28.8 Å². The fraction of sp³-hybridized carbons (Fsp3) is 0.267. The number of hydrogen-bond acceptors (Lipinski definition) is 6. The first-order valence-corrected chi connectivity index (χ1v) is 12.6. The number of aliphatic carboxylic acids is 1. The predicted molar refractivity (Wildman–Crippen MR) is 139 cm³/mol. The van der Waals surface area contributed by atoms with Gasteiger partial charge >= 0.3 is 57.4 Å². The van der Waals surface area contributed by atoms with Crippen molar-refractivity contribution in [2.75, 3.05) is 27.1 Å². The summed E-state index contributed by atoms with van der Waals surface area (Å²) in [6.45, 7) is 2.00. The average molecular weight is 625 g/mol. The molecule has 0 amide bonds. The van der Waals surface area contributed by atoms with E-state index in [1.165, 1.54) is 5.56 Å². The molecule has 0 saturated heterocycles. The van der Waals surface area contributed by atoms with Crippen LogP contribution in [-0.2, 0) is 24.2 Å². The number of carboxylic acids is 1. The minimum Gasteiger partial charge on any atom is -1.00 e. The number of aryl methyl sites for hydroxylation is 2. The van der Waals surface area contributed by atoms with E-state index in [-0.39, 0.29) is 89.4 Å². The fourth-order valence-corrected chi connectivity index (χ4v) is 5.05. The summed E-state index contributed by atoms with van der Waals surface area (Å²) in [5.41, 5.74) is 4.25. The van der Waals surface area contributed by atoms with E-state index in [1.54, 1.807) is 25.3 Å². The standard InChI is InChI=1S/C30H27NO7.2ClH.K/c1-34-26-7-6-20-14-25-23-16-28-27(37-18-38-28)15-21(23)8-9-31(25)17-24(20)30(26)36-11-3-10-35-22-5-2-4-19(12-22)13-29(32)33;;;/h2,4-7,12,14-17H,3,8-11,13,18H2,1H3;2*1H;/q;;;+1/p-1. The van der Waals surface area contributed by atoms with E-state index in [1.807, 2.05) is 12.1 Å². The third kappa shape index (κ3) is 7.22. The van der Waals surface area contributed by atoms with Crippen molar-refractivity contribution in [2.24, 2.45) is 0 Å². The largest absolute Gasteiger partial charge is 1.00 e. The van der Waals surface area contributed by atoms with Gasteiger partial charge in [0.2, 0.25) is 12.5 Å². The monoisotopic (exact) mass is 623 g/mol. The van der Waals surface area contributed by atoms with Crippen molar-refractivity contribution in [3.05, 3.63) is 71.9 Å². The minimum atomic E-state index is -0.865. The molecule has 3 aromatic carbocycles. The van der Waals surface area contributed by atoms with Crippen LogP contribution >= 0.6 is 0 Å². The second-order valence-electron chi connectivity index (χ2n) is 9.33. The van der Waals surface area contributed by atoms with Gasteiger partial charge in [-0.25, -0.2) is 0 Å². The molecule has 2 aliphatic rings. The molecule has 11 heteroatoms. The van der Waals surface area contributed by atoms with Crippen LogP contribution in [-0.4, -0.2) is 38.2 Å². The van der Waals surface area contributed by atoms with Gasteiger partial charge in [-0.05, 0) is 52.9 Å². The summed E-state index contributed by atoms with van der Waals surface area (Å²) in [5.74, 6) is 2.77. The van der Waals surface area contributed by atoms with Crippen LogP contribution in [0.5, 0.6) is 28.7 Å². The van der Waals surface area contributed by atoms with Gasteiger partial charge < -0.3 is 53.6 Å². The number of ether oxygens (including phenoxy) is 5. The van der Waals surface area contributed by atoms with Crippen molar-refractivity contribution in [3.8, 4) is 40.0 Å². The number of methoxy groups -OCH3 is 1. The topological polar surface area (TPSA) is 87.3 Å². The van der Waals surface area contributed by atoms with Gasteiger partial charge in [0.1, 0.15) is 5.75 Å². The summed E-state index contributed by atoms with van der Waals surface area (Å²) in [6.07, 6.45) is 3.67. The van der Waals surface area contributed by atoms with Crippen LogP contribution < -0.4 is 104 Å². The molecule has 6 rings (SSSR count). The van der Waals surface area contributed by atoms with E-state index in [2.05, 4.69) is 35.0 Å². The molecule has 1 N–H and O–H groups in total. The van der Waals surface area contributed by atoms with Gasteiger partial charge in [0.25, 0.3) is 0 Å². The molecule has 0 unspecified atom stereocenters. The predicted octanol–water partition coefficient (Wildman–Crippen LogP) is -4.43. The van der Waals surface area contributed by atoms with E-state index in [0.717, 1.165) is 46.5 Å². The Morgan fingerprint density at radius 3 is 2.56 bits per heavy atom. The number of halogens is 2. The Morgan fingerprint density at radius 1 is 1.00 bits per heavy atom. The van der Waals surface area contributed by atoms with Gasteiger partial charge in [-0.1, -0.05) is 12.1 Å². The van der Waals surface area contributed by atoms with Crippen LogP contribution in [0.15, 0.2) is 60.8 Å². The van der Waals surface area contributed by atoms with Crippen LogP contribution in [0.3, 0.4) is 0 Å². The van der Waals surface area contributed by atoms with Crippen molar-refractivity contribution in [1.29, 1.82) is 0 Å².